The third-order valence-electron chi connectivity index (χ3n) is 3.59. The molecule has 1 heterocycles. The normalized spacial score (nSPS) is 23.7. The van der Waals surface area contributed by atoms with E-state index >= 15 is 0 Å². The fraction of sp³-hybridized carbons (Fsp3) is 0.231. The summed E-state index contributed by atoms with van der Waals surface area (Å²) in [6.07, 6.45) is 0.150. The predicted octanol–water partition coefficient (Wildman–Crippen LogP) is 0.112. The van der Waals surface area contributed by atoms with Crippen molar-refractivity contribution in [2.75, 3.05) is 5.73 Å². The van der Waals surface area contributed by atoms with Gasteiger partial charge in [-0.05, 0) is 18.6 Å². The number of aliphatic carboxylic acids is 1. The maximum Gasteiger partial charge on any atom is 0.307 e. The van der Waals surface area contributed by atoms with Gasteiger partial charge in [0, 0.05) is 5.69 Å². The van der Waals surface area contributed by atoms with Crippen LogP contribution in [0.15, 0.2) is 18.2 Å². The lowest BCUT2D eigenvalue weighted by atomic mass is 10.1. The molecule has 1 aliphatic heterocycles. The second-order valence-corrected chi connectivity index (χ2v) is 4.84. The minimum Gasteiger partial charge on any atom is -0.481 e. The first kappa shape index (κ1) is 12.3. The first-order valence-corrected chi connectivity index (χ1v) is 5.97. The van der Waals surface area contributed by atoms with Crippen molar-refractivity contribution in [2.24, 2.45) is 11.8 Å². The summed E-state index contributed by atoms with van der Waals surface area (Å²) in [6.45, 7) is 0. The molecule has 0 radical (unpaired) electrons. The molecule has 2 aliphatic rings. The minimum atomic E-state index is -1.10. The topological polar surface area (TPSA) is 118 Å². The van der Waals surface area contributed by atoms with Gasteiger partial charge in [0.15, 0.2) is 0 Å². The smallest absolute Gasteiger partial charge is 0.307 e. The number of carbonyl (C=O) groups is 4. The van der Waals surface area contributed by atoms with Crippen LogP contribution in [0, 0.1) is 11.8 Å². The lowest BCUT2D eigenvalue weighted by Gasteiger charge is -2.11. The summed E-state index contributed by atoms with van der Waals surface area (Å²) in [6, 6.07) is 4.40. The zero-order valence-electron chi connectivity index (χ0n) is 10.2. The van der Waals surface area contributed by atoms with Crippen LogP contribution in [-0.2, 0) is 9.59 Å². The molecule has 0 bridgehead atoms. The zero-order valence-corrected chi connectivity index (χ0v) is 10.2. The van der Waals surface area contributed by atoms with Gasteiger partial charge in [0.25, 0.3) is 11.8 Å². The molecule has 3 amide bonds. The van der Waals surface area contributed by atoms with Gasteiger partial charge >= 0.3 is 5.97 Å². The summed E-state index contributed by atoms with van der Waals surface area (Å²) in [5.74, 6) is -5.00. The number of carboxylic acids is 1. The summed E-state index contributed by atoms with van der Waals surface area (Å²) in [5.41, 5.74) is 5.87. The Morgan fingerprint density at radius 2 is 1.90 bits per heavy atom. The number of anilines is 1. The molecule has 0 saturated heterocycles. The number of nitrogen functional groups attached to an aromatic ring is 1. The Balaban J connectivity index is 1.93. The summed E-state index contributed by atoms with van der Waals surface area (Å²) < 4.78 is 0. The maximum absolute atomic E-state index is 12.1. The van der Waals surface area contributed by atoms with Crippen LogP contribution in [0.1, 0.15) is 27.1 Å². The van der Waals surface area contributed by atoms with Gasteiger partial charge in [-0.3, -0.25) is 19.2 Å². The number of carboxylic acid groups (broad SMARTS) is 1. The number of benzene rings is 1. The highest BCUT2D eigenvalue weighted by Crippen LogP contribution is 2.41. The van der Waals surface area contributed by atoms with Gasteiger partial charge in [-0.25, -0.2) is 4.90 Å². The number of nitrogens with zero attached hydrogens (tertiary/aromatic N) is 1. The van der Waals surface area contributed by atoms with E-state index in [4.69, 9.17) is 10.8 Å². The van der Waals surface area contributed by atoms with Crippen LogP contribution in [0.5, 0.6) is 0 Å². The van der Waals surface area contributed by atoms with E-state index in [0.29, 0.717) is 4.90 Å². The monoisotopic (exact) mass is 274 g/mol. The van der Waals surface area contributed by atoms with Crippen LogP contribution >= 0.6 is 0 Å². The van der Waals surface area contributed by atoms with Crippen molar-refractivity contribution in [1.29, 1.82) is 0 Å². The van der Waals surface area contributed by atoms with Crippen LogP contribution in [0.4, 0.5) is 5.69 Å². The Morgan fingerprint density at radius 3 is 2.45 bits per heavy atom. The highest BCUT2D eigenvalue weighted by molar-refractivity contribution is 6.31. The Labute approximate surface area is 113 Å². The first-order valence-electron chi connectivity index (χ1n) is 5.97. The molecule has 1 aromatic rings. The van der Waals surface area contributed by atoms with E-state index in [1.54, 1.807) is 0 Å². The molecule has 1 saturated carbocycles. The number of hydrogen-bond donors (Lipinski definition) is 2. The third-order valence-corrected chi connectivity index (χ3v) is 3.59. The summed E-state index contributed by atoms with van der Waals surface area (Å²) in [4.78, 5) is 47.6. The van der Waals surface area contributed by atoms with Gasteiger partial charge < -0.3 is 10.8 Å². The summed E-state index contributed by atoms with van der Waals surface area (Å²) in [7, 11) is 0. The Morgan fingerprint density at radius 1 is 1.20 bits per heavy atom. The second kappa shape index (κ2) is 3.89. The van der Waals surface area contributed by atoms with E-state index in [2.05, 4.69) is 0 Å². The van der Waals surface area contributed by atoms with E-state index in [9.17, 15) is 19.2 Å². The van der Waals surface area contributed by atoms with Crippen LogP contribution in [0.3, 0.4) is 0 Å². The van der Waals surface area contributed by atoms with E-state index in [-0.39, 0.29) is 23.2 Å². The highest BCUT2D eigenvalue weighted by atomic mass is 16.4. The van der Waals surface area contributed by atoms with E-state index in [1.165, 1.54) is 18.2 Å². The Hall–Kier alpha value is -2.70. The highest BCUT2D eigenvalue weighted by Gasteiger charge is 2.54. The molecular weight excluding hydrogens is 264 g/mol. The van der Waals surface area contributed by atoms with Crippen LogP contribution in [0.2, 0.25) is 0 Å². The Bertz CT molecular complexity index is 681. The minimum absolute atomic E-state index is 0.0124. The number of imide groups is 3. The van der Waals surface area contributed by atoms with Crippen molar-refractivity contribution >= 4 is 29.4 Å². The molecule has 1 aromatic carbocycles. The van der Waals surface area contributed by atoms with Crippen LogP contribution in [-0.4, -0.2) is 33.7 Å². The molecule has 102 valence electrons. The molecule has 0 aromatic heterocycles. The summed E-state index contributed by atoms with van der Waals surface area (Å²) in [5, 5.41) is 8.80. The van der Waals surface area contributed by atoms with E-state index in [1.807, 2.05) is 0 Å². The quantitative estimate of drug-likeness (QED) is 0.584. The molecule has 7 heteroatoms. The molecule has 3 rings (SSSR count). The van der Waals surface area contributed by atoms with E-state index in [0.717, 1.165) is 0 Å². The first-order chi connectivity index (χ1) is 9.43. The predicted molar refractivity (Wildman–Crippen MR) is 65.6 cm³/mol. The largest absolute Gasteiger partial charge is 0.481 e. The van der Waals surface area contributed by atoms with Crippen molar-refractivity contribution < 1.29 is 24.3 Å². The average Bonchev–Trinajstić information content (AvgIpc) is 3.14. The van der Waals surface area contributed by atoms with Gasteiger partial charge in [0.05, 0.1) is 23.0 Å². The SMILES string of the molecule is Nc1cccc2c1C(=O)N(C(=O)C1CC1C(=O)O)C2=O. The van der Waals surface area contributed by atoms with Gasteiger partial charge in [-0.15, -0.1) is 0 Å². The van der Waals surface area contributed by atoms with Crippen LogP contribution < -0.4 is 5.73 Å². The van der Waals surface area contributed by atoms with Gasteiger partial charge in [0.1, 0.15) is 0 Å². The van der Waals surface area contributed by atoms with Crippen molar-refractivity contribution in [2.45, 2.75) is 6.42 Å². The molecule has 7 nitrogen and oxygen atoms in total. The van der Waals surface area contributed by atoms with Gasteiger partial charge in [-0.1, -0.05) is 6.07 Å². The maximum atomic E-state index is 12.1. The van der Waals surface area contributed by atoms with Crippen molar-refractivity contribution in [1.82, 2.24) is 4.90 Å². The van der Waals surface area contributed by atoms with Gasteiger partial charge in [-0.2, -0.15) is 0 Å². The number of fused-ring (bicyclic) bond motifs is 1. The third kappa shape index (κ3) is 1.52. The number of amides is 3. The van der Waals surface area contributed by atoms with Crippen molar-refractivity contribution in [3.8, 4) is 0 Å². The molecule has 20 heavy (non-hydrogen) atoms. The number of rotatable bonds is 2. The average molecular weight is 274 g/mol. The molecule has 3 N–H and O–H groups in total. The van der Waals surface area contributed by atoms with E-state index < -0.39 is 35.5 Å². The molecule has 0 spiro atoms. The molecule has 1 fully saturated rings. The fourth-order valence-corrected chi connectivity index (χ4v) is 2.42. The second-order valence-electron chi connectivity index (χ2n) is 4.84. The number of carbonyl (C=O) groups excluding carboxylic acids is 3. The Kier molecular flexibility index (Phi) is 2.40. The molecular formula is C13H10N2O5. The fourth-order valence-electron chi connectivity index (χ4n) is 2.42. The molecule has 1 aliphatic carbocycles. The van der Waals surface area contributed by atoms with Crippen molar-refractivity contribution in [3.05, 3.63) is 29.3 Å². The number of nitrogens with two attached hydrogens (primary N) is 1. The summed E-state index contributed by atoms with van der Waals surface area (Å²) >= 11 is 0. The zero-order chi connectivity index (χ0) is 14.6. The van der Waals surface area contributed by atoms with Crippen molar-refractivity contribution in [3.63, 3.8) is 0 Å². The number of hydrogen-bond acceptors (Lipinski definition) is 5. The lowest BCUT2D eigenvalue weighted by molar-refractivity contribution is -0.141. The molecule has 2 unspecified atom stereocenters. The lowest BCUT2D eigenvalue weighted by Crippen LogP contribution is -2.38. The van der Waals surface area contributed by atoms with Gasteiger partial charge in [0.2, 0.25) is 5.91 Å². The molecule has 2 atom stereocenters. The standard InChI is InChI=1S/C13H10N2O5/c14-8-3-1-2-5-9(8)12(18)15(10(5)16)11(17)6-4-7(6)13(19)20/h1-3,6-7H,4,14H2,(H,19,20). The van der Waals surface area contributed by atoms with Crippen LogP contribution in [0.25, 0.3) is 0 Å².